The van der Waals surface area contributed by atoms with Gasteiger partial charge in [0.05, 0.1) is 31.5 Å². The van der Waals surface area contributed by atoms with Crippen molar-refractivity contribution in [1.29, 1.82) is 0 Å². The fraction of sp³-hybridized carbons (Fsp3) is 1.00. The molecule has 0 bridgehead atoms. The first kappa shape index (κ1) is 18.1. The zero-order valence-corrected chi connectivity index (χ0v) is 9.82. The lowest BCUT2D eigenvalue weighted by molar-refractivity contribution is -0.0151. The van der Waals surface area contributed by atoms with Gasteiger partial charge in [0.25, 0.3) is 0 Å². The van der Waals surface area contributed by atoms with Gasteiger partial charge in [0.2, 0.25) is 0 Å². The summed E-state index contributed by atoms with van der Waals surface area (Å²) in [5.74, 6) is 0. The fourth-order valence-electron chi connectivity index (χ4n) is 0.862. The molecule has 4 atom stereocenters. The molecular formula is C10H24O6. The van der Waals surface area contributed by atoms with Gasteiger partial charge in [-0.15, -0.1) is 0 Å². The van der Waals surface area contributed by atoms with Crippen molar-refractivity contribution in [3.63, 3.8) is 0 Å². The average molecular weight is 240 g/mol. The Bertz CT molecular complexity index is 133. The number of rotatable bonds is 6. The van der Waals surface area contributed by atoms with Crippen molar-refractivity contribution in [2.24, 2.45) is 0 Å². The third-order valence-electron chi connectivity index (χ3n) is 1.87. The molecular weight excluding hydrogens is 216 g/mol. The van der Waals surface area contributed by atoms with E-state index < -0.39 is 24.4 Å². The van der Waals surface area contributed by atoms with Crippen molar-refractivity contribution in [2.75, 3.05) is 13.2 Å². The van der Waals surface area contributed by atoms with Gasteiger partial charge in [-0.1, -0.05) is 6.92 Å². The molecule has 0 fully saturated rings. The summed E-state index contributed by atoms with van der Waals surface area (Å²) >= 11 is 0. The molecule has 0 heterocycles. The number of hydrogen-bond acceptors (Lipinski definition) is 6. The molecule has 0 aromatic carbocycles. The van der Waals surface area contributed by atoms with E-state index in [1.165, 1.54) is 0 Å². The first-order valence-corrected chi connectivity index (χ1v) is 5.32. The van der Waals surface area contributed by atoms with E-state index in [4.69, 9.17) is 30.6 Å². The second kappa shape index (κ2) is 11.3. The van der Waals surface area contributed by atoms with Crippen molar-refractivity contribution in [2.45, 2.75) is 51.1 Å². The average Bonchev–Trinajstić information content (AvgIpc) is 2.26. The molecule has 0 aliphatic rings. The van der Waals surface area contributed by atoms with Crippen LogP contribution in [-0.4, -0.2) is 68.3 Å². The van der Waals surface area contributed by atoms with Gasteiger partial charge in [-0.25, -0.2) is 0 Å². The topological polar surface area (TPSA) is 121 Å². The van der Waals surface area contributed by atoms with Gasteiger partial charge in [-0.2, -0.15) is 0 Å². The van der Waals surface area contributed by atoms with Gasteiger partial charge in [-0.05, 0) is 13.3 Å². The largest absolute Gasteiger partial charge is 0.394 e. The van der Waals surface area contributed by atoms with E-state index in [2.05, 4.69) is 0 Å². The first-order chi connectivity index (χ1) is 7.38. The maximum atomic E-state index is 8.72. The molecule has 0 saturated carbocycles. The lowest BCUT2D eigenvalue weighted by Crippen LogP contribution is -2.28. The Morgan fingerprint density at radius 3 is 1.50 bits per heavy atom. The zero-order valence-electron chi connectivity index (χ0n) is 9.82. The van der Waals surface area contributed by atoms with Gasteiger partial charge in [-0.3, -0.25) is 0 Å². The minimum Gasteiger partial charge on any atom is -0.394 e. The standard InChI is InChI=1S/2C5H12O3/c1-4(7)2-5(8)3-6;1-2-4(7)5(8)3-6/h2*4-8H,2-3H2,1H3. The molecule has 4 unspecified atom stereocenters. The lowest BCUT2D eigenvalue weighted by Gasteiger charge is -2.11. The number of hydrogen-bond donors (Lipinski definition) is 6. The monoisotopic (exact) mass is 240 g/mol. The Kier molecular flexibility index (Phi) is 12.8. The first-order valence-electron chi connectivity index (χ1n) is 5.32. The van der Waals surface area contributed by atoms with Crippen LogP contribution in [0.1, 0.15) is 26.7 Å². The van der Waals surface area contributed by atoms with Gasteiger partial charge >= 0.3 is 0 Å². The van der Waals surface area contributed by atoms with E-state index in [1.54, 1.807) is 13.8 Å². The molecule has 16 heavy (non-hydrogen) atoms. The zero-order chi connectivity index (χ0) is 13.1. The maximum absolute atomic E-state index is 8.72. The van der Waals surface area contributed by atoms with Crippen LogP contribution in [0.25, 0.3) is 0 Å². The highest BCUT2D eigenvalue weighted by molar-refractivity contribution is 4.62. The minimum absolute atomic E-state index is 0.247. The summed E-state index contributed by atoms with van der Waals surface area (Å²) in [6, 6.07) is 0. The van der Waals surface area contributed by atoms with E-state index in [9.17, 15) is 0 Å². The van der Waals surface area contributed by atoms with Crippen LogP contribution in [0.15, 0.2) is 0 Å². The summed E-state index contributed by atoms with van der Waals surface area (Å²) in [5, 5.41) is 51.0. The Morgan fingerprint density at radius 2 is 1.38 bits per heavy atom. The van der Waals surface area contributed by atoms with Crippen molar-refractivity contribution >= 4 is 0 Å². The van der Waals surface area contributed by atoms with Crippen LogP contribution in [-0.2, 0) is 0 Å². The Hall–Kier alpha value is -0.240. The maximum Gasteiger partial charge on any atom is 0.103 e. The molecule has 100 valence electrons. The van der Waals surface area contributed by atoms with Crippen LogP contribution >= 0.6 is 0 Å². The Morgan fingerprint density at radius 1 is 0.875 bits per heavy atom. The summed E-state index contributed by atoms with van der Waals surface area (Å²) in [6.07, 6.45) is -2.33. The summed E-state index contributed by atoms with van der Waals surface area (Å²) in [7, 11) is 0. The Balaban J connectivity index is 0. The second-order valence-electron chi connectivity index (χ2n) is 3.65. The molecule has 0 aromatic heterocycles. The molecule has 0 rings (SSSR count). The van der Waals surface area contributed by atoms with Crippen LogP contribution in [0.5, 0.6) is 0 Å². The van der Waals surface area contributed by atoms with Crippen LogP contribution in [0, 0.1) is 0 Å². The molecule has 0 amide bonds. The molecule has 0 aromatic rings. The molecule has 0 aliphatic heterocycles. The predicted molar refractivity (Wildman–Crippen MR) is 58.8 cm³/mol. The molecule has 0 aliphatic carbocycles. The molecule has 6 N–H and O–H groups in total. The summed E-state index contributed by atoms with van der Waals surface area (Å²) in [6.45, 7) is 2.67. The van der Waals surface area contributed by atoms with Crippen molar-refractivity contribution in [3.8, 4) is 0 Å². The highest BCUT2D eigenvalue weighted by Gasteiger charge is 2.11. The van der Waals surface area contributed by atoms with Gasteiger partial charge in [0.15, 0.2) is 0 Å². The smallest absolute Gasteiger partial charge is 0.103 e. The van der Waals surface area contributed by atoms with Gasteiger partial charge < -0.3 is 30.6 Å². The summed E-state index contributed by atoms with van der Waals surface area (Å²) < 4.78 is 0. The third-order valence-corrected chi connectivity index (χ3v) is 1.87. The van der Waals surface area contributed by atoms with E-state index >= 15 is 0 Å². The highest BCUT2D eigenvalue weighted by atomic mass is 16.4. The van der Waals surface area contributed by atoms with Crippen LogP contribution < -0.4 is 0 Å². The van der Waals surface area contributed by atoms with Crippen molar-refractivity contribution in [3.05, 3.63) is 0 Å². The van der Waals surface area contributed by atoms with Crippen LogP contribution in [0.4, 0.5) is 0 Å². The predicted octanol–water partition coefficient (Wildman–Crippen LogP) is -1.78. The molecule has 6 heteroatoms. The molecule has 0 saturated heterocycles. The van der Waals surface area contributed by atoms with Crippen molar-refractivity contribution in [1.82, 2.24) is 0 Å². The normalized spacial score (nSPS) is 18.0. The summed E-state index contributed by atoms with van der Waals surface area (Å²) in [5.41, 5.74) is 0. The van der Waals surface area contributed by atoms with Gasteiger partial charge in [0.1, 0.15) is 6.10 Å². The lowest BCUT2D eigenvalue weighted by atomic mass is 10.2. The minimum atomic E-state index is -0.972. The van der Waals surface area contributed by atoms with Crippen molar-refractivity contribution < 1.29 is 30.6 Å². The Labute approximate surface area is 95.8 Å². The molecule has 0 spiro atoms. The van der Waals surface area contributed by atoms with E-state index in [0.29, 0.717) is 6.42 Å². The highest BCUT2D eigenvalue weighted by Crippen LogP contribution is 1.95. The third kappa shape index (κ3) is 11.8. The number of aliphatic hydroxyl groups is 6. The molecule has 6 nitrogen and oxygen atoms in total. The van der Waals surface area contributed by atoms with Crippen LogP contribution in [0.2, 0.25) is 0 Å². The van der Waals surface area contributed by atoms with Crippen LogP contribution in [0.3, 0.4) is 0 Å². The molecule has 0 radical (unpaired) electrons. The second-order valence-corrected chi connectivity index (χ2v) is 3.65. The summed E-state index contributed by atoms with van der Waals surface area (Å²) in [4.78, 5) is 0. The van der Waals surface area contributed by atoms with E-state index in [1.807, 2.05) is 0 Å². The number of aliphatic hydroxyl groups excluding tert-OH is 6. The van der Waals surface area contributed by atoms with Gasteiger partial charge in [0, 0.05) is 6.42 Å². The SMILES string of the molecule is CC(O)CC(O)CO.CCC(O)C(O)CO. The van der Waals surface area contributed by atoms with E-state index in [-0.39, 0.29) is 19.6 Å². The van der Waals surface area contributed by atoms with E-state index in [0.717, 1.165) is 0 Å². The quantitative estimate of drug-likeness (QED) is 0.326. The fourth-order valence-corrected chi connectivity index (χ4v) is 0.862.